The standard InChI is InChI=1S/C38H31N2O2PS/c41-44(42,36-29-17-6-18-30-36)40-38(39-32-21-9-2-10-22-32)37(31-19-7-1-8-20-31)43(33-23-11-3-12-24-33,34-25-13-4-14-26-34)35-27-15-5-16-28-35/h1-30,39H/b38-37-. The summed E-state index contributed by atoms with van der Waals surface area (Å²) in [4.78, 5) is 0.128. The zero-order valence-corrected chi connectivity index (χ0v) is 25.7. The fourth-order valence-corrected chi connectivity index (χ4v) is 11.0. The lowest BCUT2D eigenvalue weighted by molar-refractivity contribution is 0.603. The van der Waals surface area contributed by atoms with E-state index in [2.05, 4.69) is 46.4 Å². The zero-order valence-electron chi connectivity index (χ0n) is 23.9. The molecule has 0 fully saturated rings. The Morgan fingerprint density at radius 1 is 0.477 bits per heavy atom. The summed E-state index contributed by atoms with van der Waals surface area (Å²) in [6, 6.07) is 59.1. The number of benzene rings is 6. The predicted molar refractivity (Wildman–Crippen MR) is 186 cm³/mol. The number of sulfonamides is 1. The highest BCUT2D eigenvalue weighted by Crippen LogP contribution is 2.67. The van der Waals surface area contributed by atoms with Crippen molar-refractivity contribution in [2.45, 2.75) is 4.90 Å². The van der Waals surface area contributed by atoms with Gasteiger partial charge in [-0.1, -0.05) is 133 Å². The Hall–Kier alpha value is -4.96. The van der Waals surface area contributed by atoms with Gasteiger partial charge in [-0.05, 0) is 60.0 Å². The molecule has 4 nitrogen and oxygen atoms in total. The third-order valence-corrected chi connectivity index (χ3v) is 13.0. The van der Waals surface area contributed by atoms with Crippen molar-refractivity contribution in [1.82, 2.24) is 0 Å². The Morgan fingerprint density at radius 2 is 0.841 bits per heavy atom. The molecule has 0 bridgehead atoms. The van der Waals surface area contributed by atoms with Crippen molar-refractivity contribution < 1.29 is 8.42 Å². The molecule has 6 rings (SSSR count). The number of para-hydroxylation sites is 1. The number of hydrogen-bond donors (Lipinski definition) is 1. The molecule has 0 aromatic heterocycles. The summed E-state index contributed by atoms with van der Waals surface area (Å²) >= 11 is 0. The van der Waals surface area contributed by atoms with E-state index in [-0.39, 0.29) is 10.7 Å². The SMILES string of the molecule is O=S(=O)([N-]/C(Nc1ccccc1)=C(/c1ccccc1)[P+](c1ccccc1)(c1ccccc1)c1ccccc1)c1ccccc1. The van der Waals surface area contributed by atoms with E-state index in [0.29, 0.717) is 0 Å². The minimum atomic E-state index is -4.12. The van der Waals surface area contributed by atoms with Crippen molar-refractivity contribution in [3.05, 3.63) is 198 Å². The first-order valence-electron chi connectivity index (χ1n) is 14.3. The van der Waals surface area contributed by atoms with Crippen LogP contribution in [0.1, 0.15) is 5.56 Å². The molecule has 1 N–H and O–H groups in total. The van der Waals surface area contributed by atoms with E-state index < -0.39 is 17.3 Å². The monoisotopic (exact) mass is 610 g/mol. The topological polar surface area (TPSA) is 60.3 Å². The normalized spacial score (nSPS) is 12.2. The van der Waals surface area contributed by atoms with Crippen molar-refractivity contribution in [3.8, 4) is 0 Å². The molecule has 0 unspecified atom stereocenters. The molecule has 0 saturated carbocycles. The predicted octanol–water partition coefficient (Wildman–Crippen LogP) is 8.18. The minimum absolute atomic E-state index is 0.128. The molecule has 216 valence electrons. The minimum Gasteiger partial charge on any atom is -0.453 e. The molecular formula is C38H31N2O2PS. The van der Waals surface area contributed by atoms with Crippen LogP contribution in [-0.4, -0.2) is 8.42 Å². The maximum Gasteiger partial charge on any atom is 0.202 e. The molecule has 0 atom stereocenters. The molecule has 6 heteroatoms. The van der Waals surface area contributed by atoms with Gasteiger partial charge in [-0.3, -0.25) is 0 Å². The molecule has 0 aliphatic carbocycles. The van der Waals surface area contributed by atoms with Gasteiger partial charge in [0.2, 0.25) is 10.0 Å². The van der Waals surface area contributed by atoms with Crippen LogP contribution in [0.15, 0.2) is 193 Å². The first-order chi connectivity index (χ1) is 21.6. The molecule has 0 aliphatic rings. The highest BCUT2D eigenvalue weighted by Gasteiger charge is 2.50. The van der Waals surface area contributed by atoms with E-state index in [1.165, 1.54) is 0 Å². The molecule has 0 amide bonds. The van der Waals surface area contributed by atoms with Crippen molar-refractivity contribution >= 4 is 44.2 Å². The molecular weight excluding hydrogens is 579 g/mol. The average molecular weight is 611 g/mol. The summed E-state index contributed by atoms with van der Waals surface area (Å²) in [5.74, 6) is 0.274. The molecule has 44 heavy (non-hydrogen) atoms. The molecule has 6 aromatic rings. The summed E-state index contributed by atoms with van der Waals surface area (Å²) in [6.45, 7) is 0. The van der Waals surface area contributed by atoms with Gasteiger partial charge in [0.1, 0.15) is 28.5 Å². The summed E-state index contributed by atoms with van der Waals surface area (Å²) < 4.78 is 32.8. The summed E-state index contributed by atoms with van der Waals surface area (Å²) in [5, 5.41) is 7.53. The van der Waals surface area contributed by atoms with E-state index in [0.717, 1.165) is 32.5 Å². The van der Waals surface area contributed by atoms with Gasteiger partial charge in [0.05, 0.1) is 4.90 Å². The second-order valence-corrected chi connectivity index (χ2v) is 15.1. The van der Waals surface area contributed by atoms with Crippen molar-refractivity contribution in [3.63, 3.8) is 0 Å². The van der Waals surface area contributed by atoms with Gasteiger partial charge < -0.3 is 10.0 Å². The lowest BCUT2D eigenvalue weighted by atomic mass is 10.2. The van der Waals surface area contributed by atoms with Gasteiger partial charge in [0.25, 0.3) is 0 Å². The van der Waals surface area contributed by atoms with E-state index in [1.54, 1.807) is 30.3 Å². The quantitative estimate of drug-likeness (QED) is 0.159. The van der Waals surface area contributed by atoms with Gasteiger partial charge >= 0.3 is 0 Å². The van der Waals surface area contributed by atoms with Crippen LogP contribution in [0.5, 0.6) is 0 Å². The van der Waals surface area contributed by atoms with Crippen LogP contribution in [0.4, 0.5) is 5.69 Å². The second kappa shape index (κ2) is 13.1. The lowest BCUT2D eigenvalue weighted by Gasteiger charge is -2.35. The first-order valence-corrected chi connectivity index (χ1v) is 17.5. The fourth-order valence-electron chi connectivity index (χ4n) is 5.42. The number of anilines is 1. The van der Waals surface area contributed by atoms with Gasteiger partial charge in [-0.2, -0.15) is 0 Å². The van der Waals surface area contributed by atoms with Crippen LogP contribution in [0, 0.1) is 0 Å². The zero-order chi connectivity index (χ0) is 30.2. The van der Waals surface area contributed by atoms with E-state index in [4.69, 9.17) is 0 Å². The van der Waals surface area contributed by atoms with Gasteiger partial charge in [0.15, 0.2) is 0 Å². The van der Waals surface area contributed by atoms with Gasteiger partial charge in [0, 0.05) is 5.56 Å². The van der Waals surface area contributed by atoms with E-state index in [9.17, 15) is 8.42 Å². The molecule has 0 heterocycles. The third kappa shape index (κ3) is 5.93. The Labute approximate surface area is 260 Å². The molecule has 0 spiro atoms. The smallest absolute Gasteiger partial charge is 0.202 e. The first kappa shape index (κ1) is 29.1. The summed E-state index contributed by atoms with van der Waals surface area (Å²) in [7, 11) is -6.91. The molecule has 0 aliphatic heterocycles. The second-order valence-electron chi connectivity index (χ2n) is 10.1. The maximum absolute atomic E-state index is 14.1. The third-order valence-electron chi connectivity index (χ3n) is 7.33. The molecule has 6 aromatic carbocycles. The molecule has 0 saturated heterocycles. The van der Waals surface area contributed by atoms with Crippen LogP contribution < -0.4 is 21.2 Å². The van der Waals surface area contributed by atoms with E-state index >= 15 is 0 Å². The highest BCUT2D eigenvalue weighted by molar-refractivity contribution is 8.03. The Kier molecular flexibility index (Phi) is 8.69. The molecule has 0 radical (unpaired) electrons. The van der Waals surface area contributed by atoms with Crippen LogP contribution in [0.25, 0.3) is 10.0 Å². The number of hydrogen-bond acceptors (Lipinski definition) is 3. The van der Waals surface area contributed by atoms with Crippen molar-refractivity contribution in [2.24, 2.45) is 0 Å². The van der Waals surface area contributed by atoms with Crippen molar-refractivity contribution in [2.75, 3.05) is 5.32 Å². The van der Waals surface area contributed by atoms with Gasteiger partial charge in [-0.15, -0.1) is 0 Å². The number of nitrogens with one attached hydrogen (secondary N) is 1. The fraction of sp³-hybridized carbons (Fsp3) is 0. The lowest BCUT2D eigenvalue weighted by Crippen LogP contribution is -2.33. The number of nitrogens with zero attached hydrogens (tertiary/aromatic N) is 1. The average Bonchev–Trinajstić information content (AvgIpc) is 3.09. The van der Waals surface area contributed by atoms with Crippen LogP contribution in [-0.2, 0) is 10.0 Å². The largest absolute Gasteiger partial charge is 0.453 e. The van der Waals surface area contributed by atoms with Crippen LogP contribution >= 0.6 is 7.26 Å². The van der Waals surface area contributed by atoms with Gasteiger partial charge in [-0.25, -0.2) is 8.42 Å². The van der Waals surface area contributed by atoms with E-state index in [1.807, 2.05) is 115 Å². The summed E-state index contributed by atoms with van der Waals surface area (Å²) in [5.41, 5.74) is 1.61. The van der Waals surface area contributed by atoms with Crippen LogP contribution in [0.2, 0.25) is 0 Å². The Morgan fingerprint density at radius 3 is 1.27 bits per heavy atom. The maximum atomic E-state index is 14.1. The van der Waals surface area contributed by atoms with Crippen molar-refractivity contribution in [1.29, 1.82) is 0 Å². The Bertz CT molecular complexity index is 1840. The van der Waals surface area contributed by atoms with Crippen LogP contribution in [0.3, 0.4) is 0 Å². The Balaban J connectivity index is 1.78. The highest BCUT2D eigenvalue weighted by atomic mass is 32.2. The number of rotatable bonds is 10. The summed E-state index contributed by atoms with van der Waals surface area (Å²) in [6.07, 6.45) is 0.